The molecule has 8 nitrogen and oxygen atoms in total. The highest BCUT2D eigenvalue weighted by Gasteiger charge is 2.32. The number of benzene rings is 2. The van der Waals surface area contributed by atoms with E-state index >= 15 is 0 Å². The normalized spacial score (nSPS) is 11.7. The molecule has 0 atom stereocenters. The van der Waals surface area contributed by atoms with Crippen molar-refractivity contribution in [1.82, 2.24) is 0 Å². The molecule has 0 unspecified atom stereocenters. The van der Waals surface area contributed by atoms with Gasteiger partial charge >= 0.3 is 5.03 Å². The number of methoxy groups -OCH3 is 3. The van der Waals surface area contributed by atoms with Crippen LogP contribution in [0.5, 0.6) is 17.2 Å². The molecule has 2 aromatic carbocycles. The van der Waals surface area contributed by atoms with E-state index in [2.05, 4.69) is 0 Å². The van der Waals surface area contributed by atoms with Gasteiger partial charge < -0.3 is 14.2 Å². The standard InChI is InChI=1S/C17H17NO7S/c1-23-12-9-15(24-2)14(16(10-12)25-3)11-17(18(19)20)26(21,22)13-7-5-4-6-8-13/h4-11H,1-3H3/b17-11+. The van der Waals surface area contributed by atoms with Crippen molar-refractivity contribution in [2.45, 2.75) is 4.90 Å². The molecule has 9 heteroatoms. The van der Waals surface area contributed by atoms with Crippen molar-refractivity contribution in [1.29, 1.82) is 0 Å². The number of nitro groups is 1. The molecule has 26 heavy (non-hydrogen) atoms. The summed E-state index contributed by atoms with van der Waals surface area (Å²) >= 11 is 0. The van der Waals surface area contributed by atoms with Crippen LogP contribution in [0.1, 0.15) is 5.56 Å². The Bertz CT molecular complexity index is 912. The number of nitrogens with zero attached hydrogens (tertiary/aromatic N) is 1. The Morgan fingerprint density at radius 1 is 1.00 bits per heavy atom. The molecule has 138 valence electrons. The molecule has 0 saturated heterocycles. The molecular formula is C17H17NO7S. The van der Waals surface area contributed by atoms with E-state index in [9.17, 15) is 18.5 Å². The van der Waals surface area contributed by atoms with Crippen LogP contribution in [0.15, 0.2) is 52.4 Å². The van der Waals surface area contributed by atoms with Crippen LogP contribution in [0.2, 0.25) is 0 Å². The van der Waals surface area contributed by atoms with Crippen LogP contribution >= 0.6 is 0 Å². The van der Waals surface area contributed by atoms with Gasteiger partial charge in [0.1, 0.15) is 17.2 Å². The van der Waals surface area contributed by atoms with Crippen LogP contribution in [0, 0.1) is 10.1 Å². The highest BCUT2D eigenvalue weighted by Crippen LogP contribution is 2.36. The van der Waals surface area contributed by atoms with E-state index in [1.165, 1.54) is 57.7 Å². The summed E-state index contributed by atoms with van der Waals surface area (Å²) in [7, 11) is -0.207. The number of hydrogen-bond acceptors (Lipinski definition) is 7. The predicted molar refractivity (Wildman–Crippen MR) is 94.7 cm³/mol. The van der Waals surface area contributed by atoms with Crippen LogP contribution < -0.4 is 14.2 Å². The zero-order valence-electron chi connectivity index (χ0n) is 14.3. The van der Waals surface area contributed by atoms with E-state index in [-0.39, 0.29) is 22.0 Å². The fourth-order valence-electron chi connectivity index (χ4n) is 2.25. The minimum absolute atomic E-state index is 0.113. The van der Waals surface area contributed by atoms with Crippen molar-refractivity contribution in [2.75, 3.05) is 21.3 Å². The first-order valence-electron chi connectivity index (χ1n) is 7.31. The monoisotopic (exact) mass is 379 g/mol. The largest absolute Gasteiger partial charge is 0.496 e. The number of sulfone groups is 1. The molecule has 0 bridgehead atoms. The van der Waals surface area contributed by atoms with Crippen molar-refractivity contribution in [3.05, 3.63) is 63.2 Å². The number of ether oxygens (including phenoxy) is 3. The van der Waals surface area contributed by atoms with Crippen LogP contribution in [0.25, 0.3) is 6.08 Å². The number of rotatable bonds is 7. The second kappa shape index (κ2) is 7.87. The van der Waals surface area contributed by atoms with E-state index in [1.807, 2.05) is 0 Å². The SMILES string of the molecule is COc1cc(OC)c(/C=C(\[N+](=O)[O-])S(=O)(=O)c2ccccc2)c(OC)c1. The van der Waals surface area contributed by atoms with Crippen LogP contribution in [-0.2, 0) is 9.84 Å². The van der Waals surface area contributed by atoms with Gasteiger partial charge in [-0.15, -0.1) is 0 Å². The van der Waals surface area contributed by atoms with Gasteiger partial charge in [0.2, 0.25) is 0 Å². The molecule has 0 aliphatic heterocycles. The van der Waals surface area contributed by atoms with Gasteiger partial charge in [-0.2, -0.15) is 0 Å². The molecule has 0 aromatic heterocycles. The maximum Gasteiger partial charge on any atom is 0.364 e. The highest BCUT2D eigenvalue weighted by molar-refractivity contribution is 7.95. The third-order valence-electron chi connectivity index (χ3n) is 3.53. The second-order valence-corrected chi connectivity index (χ2v) is 6.90. The van der Waals surface area contributed by atoms with Gasteiger partial charge in [-0.1, -0.05) is 18.2 Å². The van der Waals surface area contributed by atoms with E-state index < -0.39 is 19.8 Å². The second-order valence-electron chi connectivity index (χ2n) is 5.00. The summed E-state index contributed by atoms with van der Waals surface area (Å²) in [6.07, 6.45) is 0.916. The van der Waals surface area contributed by atoms with Crippen molar-refractivity contribution in [3.63, 3.8) is 0 Å². The van der Waals surface area contributed by atoms with Gasteiger partial charge in [0.05, 0.1) is 36.7 Å². The molecule has 0 heterocycles. The van der Waals surface area contributed by atoms with Crippen molar-refractivity contribution >= 4 is 15.9 Å². The molecule has 0 aliphatic rings. The predicted octanol–water partition coefficient (Wildman–Crippen LogP) is 2.76. The summed E-state index contributed by atoms with van der Waals surface area (Å²) in [5, 5.41) is 10.5. The van der Waals surface area contributed by atoms with Gasteiger partial charge in [-0.05, 0) is 12.1 Å². The van der Waals surface area contributed by atoms with Crippen molar-refractivity contribution in [2.24, 2.45) is 0 Å². The summed E-state index contributed by atoms with van der Waals surface area (Å²) < 4.78 is 40.9. The van der Waals surface area contributed by atoms with E-state index in [0.717, 1.165) is 6.08 Å². The molecule has 2 aromatic rings. The van der Waals surface area contributed by atoms with Crippen LogP contribution in [0.4, 0.5) is 0 Å². The quantitative estimate of drug-likeness (QED) is 0.538. The summed E-state index contributed by atoms with van der Waals surface area (Å²) in [6, 6.07) is 10.1. The summed E-state index contributed by atoms with van der Waals surface area (Å²) in [5.74, 6) is 0.733. The Morgan fingerprint density at radius 3 is 1.96 bits per heavy atom. The van der Waals surface area contributed by atoms with E-state index in [4.69, 9.17) is 14.2 Å². The van der Waals surface area contributed by atoms with Crippen LogP contribution in [0.3, 0.4) is 0 Å². The topological polar surface area (TPSA) is 105 Å². The smallest absolute Gasteiger partial charge is 0.364 e. The first-order valence-corrected chi connectivity index (χ1v) is 8.79. The van der Waals surface area contributed by atoms with Gasteiger partial charge in [-0.25, -0.2) is 8.42 Å². The Balaban J connectivity index is 2.73. The van der Waals surface area contributed by atoms with Gasteiger partial charge in [0.15, 0.2) is 0 Å². The molecule has 0 spiro atoms. The van der Waals surface area contributed by atoms with Gasteiger partial charge in [0, 0.05) is 18.2 Å². The van der Waals surface area contributed by atoms with Crippen molar-refractivity contribution < 1.29 is 27.6 Å². The Hall–Kier alpha value is -3.07. The van der Waals surface area contributed by atoms with E-state index in [1.54, 1.807) is 6.07 Å². The lowest BCUT2D eigenvalue weighted by molar-refractivity contribution is -0.410. The summed E-state index contributed by atoms with van der Waals surface area (Å²) in [6.45, 7) is 0. The maximum absolute atomic E-state index is 12.7. The average Bonchev–Trinajstić information content (AvgIpc) is 2.65. The minimum atomic E-state index is -4.34. The Morgan fingerprint density at radius 2 is 1.54 bits per heavy atom. The maximum atomic E-state index is 12.7. The first kappa shape index (κ1) is 19.3. The summed E-state index contributed by atoms with van der Waals surface area (Å²) in [4.78, 5) is 10.4. The van der Waals surface area contributed by atoms with Gasteiger partial charge in [0.25, 0.3) is 9.84 Å². The first-order chi connectivity index (χ1) is 12.3. The molecule has 0 radical (unpaired) electrons. The summed E-state index contributed by atoms with van der Waals surface area (Å²) in [5.41, 5.74) is 0.113. The molecule has 0 saturated carbocycles. The van der Waals surface area contributed by atoms with E-state index in [0.29, 0.717) is 5.75 Å². The minimum Gasteiger partial charge on any atom is -0.496 e. The molecular weight excluding hydrogens is 362 g/mol. The van der Waals surface area contributed by atoms with Gasteiger partial charge in [-0.3, -0.25) is 10.1 Å². The third-order valence-corrected chi connectivity index (χ3v) is 5.24. The zero-order valence-corrected chi connectivity index (χ0v) is 15.1. The molecule has 0 N–H and O–H groups in total. The number of hydrogen-bond donors (Lipinski definition) is 0. The Labute approximate surface area is 150 Å². The highest BCUT2D eigenvalue weighted by atomic mass is 32.2. The fourth-order valence-corrected chi connectivity index (χ4v) is 3.47. The molecule has 0 aliphatic carbocycles. The Kier molecular flexibility index (Phi) is 5.83. The fraction of sp³-hybridized carbons (Fsp3) is 0.176. The third kappa shape index (κ3) is 3.77. The lowest BCUT2D eigenvalue weighted by Gasteiger charge is -2.12. The molecule has 0 amide bonds. The average molecular weight is 379 g/mol. The molecule has 2 rings (SSSR count). The lowest BCUT2D eigenvalue weighted by Crippen LogP contribution is -2.12. The lowest BCUT2D eigenvalue weighted by atomic mass is 10.1. The van der Waals surface area contributed by atoms with Crippen molar-refractivity contribution in [3.8, 4) is 17.2 Å². The molecule has 0 fully saturated rings. The zero-order chi connectivity index (χ0) is 19.3. The van der Waals surface area contributed by atoms with Crippen LogP contribution in [-0.4, -0.2) is 34.7 Å².